The molecule has 0 bridgehead atoms. The van der Waals surface area contributed by atoms with Gasteiger partial charge in [-0.3, -0.25) is 14.5 Å². The fourth-order valence-corrected chi connectivity index (χ4v) is 2.43. The molecular formula is C16H21FN4O3. The minimum Gasteiger partial charge on any atom is -0.348 e. The van der Waals surface area contributed by atoms with E-state index in [0.29, 0.717) is 5.56 Å². The molecule has 4 N–H and O–H groups in total. The maximum absolute atomic E-state index is 13.1. The van der Waals surface area contributed by atoms with E-state index in [-0.39, 0.29) is 6.54 Å². The first-order valence-corrected chi connectivity index (χ1v) is 7.50. The number of hydrogen-bond donors (Lipinski definition) is 3. The predicted molar refractivity (Wildman–Crippen MR) is 85.3 cm³/mol. The highest BCUT2D eigenvalue weighted by Gasteiger charge is 2.49. The third kappa shape index (κ3) is 3.38. The van der Waals surface area contributed by atoms with Gasteiger partial charge in [0.25, 0.3) is 5.91 Å². The van der Waals surface area contributed by atoms with Crippen LogP contribution in [0.5, 0.6) is 0 Å². The number of amides is 4. The first-order valence-electron chi connectivity index (χ1n) is 7.50. The third-order valence-corrected chi connectivity index (χ3v) is 3.99. The van der Waals surface area contributed by atoms with Crippen molar-refractivity contribution in [3.63, 3.8) is 0 Å². The number of imide groups is 1. The number of rotatable bonds is 5. The van der Waals surface area contributed by atoms with Gasteiger partial charge in [0.15, 0.2) is 0 Å². The van der Waals surface area contributed by atoms with E-state index in [2.05, 4.69) is 10.6 Å². The number of nitrogens with two attached hydrogens (primary N) is 1. The van der Waals surface area contributed by atoms with Crippen molar-refractivity contribution < 1.29 is 18.8 Å². The monoisotopic (exact) mass is 336 g/mol. The molecule has 7 nitrogen and oxygen atoms in total. The van der Waals surface area contributed by atoms with E-state index in [4.69, 9.17) is 5.73 Å². The van der Waals surface area contributed by atoms with Gasteiger partial charge in [-0.2, -0.15) is 0 Å². The molecule has 24 heavy (non-hydrogen) atoms. The lowest BCUT2D eigenvalue weighted by Gasteiger charge is -2.25. The third-order valence-electron chi connectivity index (χ3n) is 3.99. The van der Waals surface area contributed by atoms with Gasteiger partial charge in [-0.25, -0.2) is 9.18 Å². The number of halogens is 1. The van der Waals surface area contributed by atoms with Crippen molar-refractivity contribution in [3.8, 4) is 0 Å². The summed E-state index contributed by atoms with van der Waals surface area (Å²) in [4.78, 5) is 37.7. The normalized spacial score (nSPS) is 21.0. The number of nitrogens with one attached hydrogen (secondary N) is 2. The standard InChI is InChI=1S/C16H21FN4O3/c1-15(2,9-18)19-12(22)8-21-13(23)16(3,20-14(21)24)10-4-6-11(17)7-5-10/h4-7H,8-9,18H2,1-3H3,(H,19,22)(H,20,24). The summed E-state index contributed by atoms with van der Waals surface area (Å²) in [7, 11) is 0. The zero-order valence-corrected chi connectivity index (χ0v) is 13.9. The Bertz CT molecular complexity index is 674. The van der Waals surface area contributed by atoms with Crippen LogP contribution < -0.4 is 16.4 Å². The van der Waals surface area contributed by atoms with E-state index in [9.17, 15) is 18.8 Å². The first-order chi connectivity index (χ1) is 11.1. The second-order valence-corrected chi connectivity index (χ2v) is 6.59. The average Bonchev–Trinajstić information content (AvgIpc) is 2.72. The molecule has 8 heteroatoms. The minimum atomic E-state index is -1.34. The summed E-state index contributed by atoms with van der Waals surface area (Å²) >= 11 is 0. The van der Waals surface area contributed by atoms with Crippen LogP contribution in [0, 0.1) is 5.82 Å². The largest absolute Gasteiger partial charge is 0.348 e. The highest BCUT2D eigenvalue weighted by Crippen LogP contribution is 2.28. The maximum Gasteiger partial charge on any atom is 0.325 e. The second-order valence-electron chi connectivity index (χ2n) is 6.59. The SMILES string of the molecule is CC(C)(CN)NC(=O)CN1C(=O)NC(C)(c2ccc(F)cc2)C1=O. The molecule has 1 heterocycles. The van der Waals surface area contributed by atoms with Crippen LogP contribution in [0.25, 0.3) is 0 Å². The van der Waals surface area contributed by atoms with Gasteiger partial charge in [0.2, 0.25) is 5.91 Å². The summed E-state index contributed by atoms with van der Waals surface area (Å²) in [5.41, 5.74) is 4.00. The molecule has 0 radical (unpaired) electrons. The number of carbonyl (C=O) groups is 3. The van der Waals surface area contributed by atoms with Gasteiger partial charge in [-0.1, -0.05) is 12.1 Å². The van der Waals surface area contributed by atoms with Crippen molar-refractivity contribution in [2.75, 3.05) is 13.1 Å². The van der Waals surface area contributed by atoms with Crippen molar-refractivity contribution in [3.05, 3.63) is 35.6 Å². The Labute approximate surface area is 139 Å². The van der Waals surface area contributed by atoms with Gasteiger partial charge in [-0.05, 0) is 38.5 Å². The van der Waals surface area contributed by atoms with E-state index in [1.54, 1.807) is 13.8 Å². The zero-order valence-electron chi connectivity index (χ0n) is 13.9. The summed E-state index contributed by atoms with van der Waals surface area (Å²) in [6.45, 7) is 4.79. The minimum absolute atomic E-state index is 0.214. The van der Waals surface area contributed by atoms with E-state index in [1.165, 1.54) is 31.2 Å². The van der Waals surface area contributed by atoms with Crippen LogP contribution in [0.15, 0.2) is 24.3 Å². The summed E-state index contributed by atoms with van der Waals surface area (Å²) in [5, 5.41) is 5.22. The van der Waals surface area contributed by atoms with E-state index >= 15 is 0 Å². The van der Waals surface area contributed by atoms with Crippen molar-refractivity contribution in [1.82, 2.24) is 15.5 Å². The maximum atomic E-state index is 13.1. The Morgan fingerprint density at radius 1 is 1.33 bits per heavy atom. The Kier molecular flexibility index (Phi) is 4.61. The van der Waals surface area contributed by atoms with Crippen molar-refractivity contribution >= 4 is 17.8 Å². The molecule has 1 aliphatic rings. The molecule has 1 unspecified atom stereocenters. The molecule has 4 amide bonds. The van der Waals surface area contributed by atoms with E-state index in [1.807, 2.05) is 0 Å². The van der Waals surface area contributed by atoms with Crippen molar-refractivity contribution in [2.45, 2.75) is 31.8 Å². The highest BCUT2D eigenvalue weighted by molar-refractivity contribution is 6.09. The fourth-order valence-electron chi connectivity index (χ4n) is 2.43. The van der Waals surface area contributed by atoms with Crippen LogP contribution in [-0.2, 0) is 15.1 Å². The van der Waals surface area contributed by atoms with E-state index < -0.39 is 41.3 Å². The number of hydrogen-bond acceptors (Lipinski definition) is 4. The van der Waals surface area contributed by atoms with Crippen LogP contribution in [0.1, 0.15) is 26.3 Å². The van der Waals surface area contributed by atoms with Crippen LogP contribution in [0.2, 0.25) is 0 Å². The molecule has 0 saturated carbocycles. The fraction of sp³-hybridized carbons (Fsp3) is 0.438. The highest BCUT2D eigenvalue weighted by atomic mass is 19.1. The van der Waals surface area contributed by atoms with Crippen LogP contribution in [0.3, 0.4) is 0 Å². The lowest BCUT2D eigenvalue weighted by Crippen LogP contribution is -2.52. The topological polar surface area (TPSA) is 105 Å². The molecule has 1 atom stereocenters. The molecule has 130 valence electrons. The predicted octanol–water partition coefficient (Wildman–Crippen LogP) is 0.446. The number of benzene rings is 1. The van der Waals surface area contributed by atoms with Gasteiger partial charge in [0.1, 0.15) is 17.9 Å². The van der Waals surface area contributed by atoms with Gasteiger partial charge in [0, 0.05) is 12.1 Å². The average molecular weight is 336 g/mol. The lowest BCUT2D eigenvalue weighted by atomic mass is 9.92. The number of nitrogens with zero attached hydrogens (tertiary/aromatic N) is 1. The van der Waals surface area contributed by atoms with Gasteiger partial charge in [0.05, 0.1) is 0 Å². The van der Waals surface area contributed by atoms with Gasteiger partial charge >= 0.3 is 6.03 Å². The lowest BCUT2D eigenvalue weighted by molar-refractivity contribution is -0.135. The Morgan fingerprint density at radius 2 is 1.92 bits per heavy atom. The zero-order chi connectivity index (χ0) is 18.1. The molecule has 0 spiro atoms. The molecular weight excluding hydrogens is 315 g/mol. The summed E-state index contributed by atoms with van der Waals surface area (Å²) in [6.07, 6.45) is 0. The van der Waals surface area contributed by atoms with Crippen LogP contribution in [0.4, 0.5) is 9.18 Å². The van der Waals surface area contributed by atoms with Gasteiger partial charge in [-0.15, -0.1) is 0 Å². The molecule has 1 aliphatic heterocycles. The molecule has 2 rings (SSSR count). The van der Waals surface area contributed by atoms with Crippen LogP contribution >= 0.6 is 0 Å². The molecule has 1 fully saturated rings. The van der Waals surface area contributed by atoms with Gasteiger partial charge < -0.3 is 16.4 Å². The molecule has 0 aromatic heterocycles. The van der Waals surface area contributed by atoms with Crippen LogP contribution in [-0.4, -0.2) is 41.4 Å². The summed E-state index contributed by atoms with van der Waals surface area (Å²) in [5.74, 6) is -1.50. The molecule has 1 aromatic rings. The Balaban J connectivity index is 2.17. The first kappa shape index (κ1) is 17.9. The second kappa shape index (κ2) is 6.20. The number of urea groups is 1. The molecule has 0 aliphatic carbocycles. The Hall–Kier alpha value is -2.48. The summed E-state index contributed by atoms with van der Waals surface area (Å²) in [6, 6.07) is 4.59. The quantitative estimate of drug-likeness (QED) is 0.679. The smallest absolute Gasteiger partial charge is 0.325 e. The van der Waals surface area contributed by atoms with E-state index in [0.717, 1.165) is 4.90 Å². The van der Waals surface area contributed by atoms with Crippen molar-refractivity contribution in [1.29, 1.82) is 0 Å². The molecule has 1 saturated heterocycles. The molecule has 1 aromatic carbocycles. The summed E-state index contributed by atoms with van der Waals surface area (Å²) < 4.78 is 13.1. The van der Waals surface area contributed by atoms with Crippen molar-refractivity contribution in [2.24, 2.45) is 5.73 Å². The Morgan fingerprint density at radius 3 is 2.46 bits per heavy atom. The number of carbonyl (C=O) groups excluding carboxylic acids is 3.